The molecule has 0 fully saturated rings. The zero-order chi connectivity index (χ0) is 23.4. The van der Waals surface area contributed by atoms with Crippen molar-refractivity contribution in [3.05, 3.63) is 94.4 Å². The van der Waals surface area contributed by atoms with Crippen molar-refractivity contribution in [1.29, 1.82) is 0 Å². The Labute approximate surface area is 195 Å². The summed E-state index contributed by atoms with van der Waals surface area (Å²) >= 11 is 0. The minimum Gasteiger partial charge on any atom is -0.493 e. The standard InChI is InChI=1S/C28H22N2O4/c1-33-22-12-11-20-23-25(18-8-4-5-9-19(18)26(23)31)30(28(32)24(20)27(22)34-2)16-15-29-14-13-17-7-3-6-10-21(17)29/h3-14H,15-16H2,1-2H3. The molecular weight excluding hydrogens is 428 g/mol. The summed E-state index contributed by atoms with van der Waals surface area (Å²) in [6.45, 7) is 0.978. The average Bonchev–Trinajstić information content (AvgIpc) is 3.42. The zero-order valence-electron chi connectivity index (χ0n) is 18.9. The van der Waals surface area contributed by atoms with E-state index in [2.05, 4.69) is 22.8 Å². The highest BCUT2D eigenvalue weighted by molar-refractivity contribution is 6.27. The molecule has 0 unspecified atom stereocenters. The van der Waals surface area contributed by atoms with E-state index in [0.717, 1.165) is 16.5 Å². The molecule has 0 saturated carbocycles. The van der Waals surface area contributed by atoms with Crippen molar-refractivity contribution in [2.24, 2.45) is 0 Å². The van der Waals surface area contributed by atoms with Crippen LogP contribution in [0.25, 0.3) is 32.9 Å². The first-order valence-electron chi connectivity index (χ1n) is 11.1. The number of pyridine rings is 1. The largest absolute Gasteiger partial charge is 0.493 e. The molecule has 0 amide bonds. The number of ketones is 1. The number of aryl methyl sites for hydroxylation is 1. The summed E-state index contributed by atoms with van der Waals surface area (Å²) in [5, 5.41) is 2.09. The fraction of sp³-hybridized carbons (Fsp3) is 0.143. The van der Waals surface area contributed by atoms with Gasteiger partial charge in [-0.3, -0.25) is 9.59 Å². The second-order valence-corrected chi connectivity index (χ2v) is 8.35. The van der Waals surface area contributed by atoms with Crippen LogP contribution < -0.4 is 15.0 Å². The van der Waals surface area contributed by atoms with Crippen LogP contribution in [0.5, 0.6) is 11.5 Å². The highest BCUT2D eigenvalue weighted by Gasteiger charge is 2.33. The van der Waals surface area contributed by atoms with Crippen LogP contribution in [0.1, 0.15) is 15.9 Å². The van der Waals surface area contributed by atoms with E-state index in [1.54, 1.807) is 16.7 Å². The lowest BCUT2D eigenvalue weighted by atomic mass is 10.0. The van der Waals surface area contributed by atoms with E-state index in [1.165, 1.54) is 14.2 Å². The summed E-state index contributed by atoms with van der Waals surface area (Å²) in [7, 11) is 3.05. The fourth-order valence-electron chi connectivity index (χ4n) is 5.14. The number of nitrogens with zero attached hydrogens (tertiary/aromatic N) is 2. The molecule has 1 aliphatic rings. The molecule has 0 saturated heterocycles. The Morgan fingerprint density at radius 2 is 1.56 bits per heavy atom. The molecule has 6 nitrogen and oxygen atoms in total. The fourth-order valence-corrected chi connectivity index (χ4v) is 5.14. The summed E-state index contributed by atoms with van der Waals surface area (Å²) in [5.41, 5.74) is 3.50. The van der Waals surface area contributed by atoms with E-state index in [9.17, 15) is 9.59 Å². The molecule has 0 radical (unpaired) electrons. The van der Waals surface area contributed by atoms with Gasteiger partial charge in [-0.25, -0.2) is 0 Å². The van der Waals surface area contributed by atoms with Gasteiger partial charge in [0.05, 0.1) is 30.9 Å². The smallest absolute Gasteiger partial charge is 0.262 e. The molecule has 0 spiro atoms. The number of ether oxygens (including phenoxy) is 2. The third-order valence-electron chi connectivity index (χ3n) is 6.68. The average molecular weight is 450 g/mol. The molecule has 34 heavy (non-hydrogen) atoms. The van der Waals surface area contributed by atoms with Crippen LogP contribution in [0.2, 0.25) is 0 Å². The molecule has 6 rings (SSSR count). The van der Waals surface area contributed by atoms with Crippen LogP contribution in [0.3, 0.4) is 0 Å². The molecule has 2 heterocycles. The topological polar surface area (TPSA) is 62.5 Å². The van der Waals surface area contributed by atoms with Crippen LogP contribution in [0, 0.1) is 0 Å². The lowest BCUT2D eigenvalue weighted by Crippen LogP contribution is -2.25. The number of methoxy groups -OCH3 is 2. The number of hydrogen-bond acceptors (Lipinski definition) is 4. The van der Waals surface area contributed by atoms with Crippen LogP contribution in [0.15, 0.2) is 77.7 Å². The quantitative estimate of drug-likeness (QED) is 0.375. The molecule has 0 atom stereocenters. The van der Waals surface area contributed by atoms with Gasteiger partial charge in [0, 0.05) is 41.3 Å². The number of aromatic nitrogens is 2. The third kappa shape index (κ3) is 2.75. The summed E-state index contributed by atoms with van der Waals surface area (Å²) in [5.74, 6) is 0.720. The predicted molar refractivity (Wildman–Crippen MR) is 132 cm³/mol. The second kappa shape index (κ2) is 7.63. The maximum Gasteiger partial charge on any atom is 0.262 e. The van der Waals surface area contributed by atoms with Crippen LogP contribution in [0.4, 0.5) is 0 Å². The molecule has 168 valence electrons. The Morgan fingerprint density at radius 1 is 0.794 bits per heavy atom. The molecule has 5 aromatic rings. The van der Waals surface area contributed by atoms with Gasteiger partial charge in [-0.05, 0) is 29.7 Å². The molecule has 2 aromatic heterocycles. The summed E-state index contributed by atoms with van der Waals surface area (Å²) in [4.78, 5) is 27.5. The van der Waals surface area contributed by atoms with Gasteiger partial charge in [0.15, 0.2) is 17.3 Å². The van der Waals surface area contributed by atoms with Gasteiger partial charge in [-0.1, -0.05) is 42.5 Å². The Balaban J connectivity index is 1.62. The second-order valence-electron chi connectivity index (χ2n) is 8.35. The molecule has 0 bridgehead atoms. The maximum absolute atomic E-state index is 14.0. The molecule has 6 heteroatoms. The van der Waals surface area contributed by atoms with Gasteiger partial charge in [0.25, 0.3) is 5.56 Å². The van der Waals surface area contributed by atoms with Crippen molar-refractivity contribution in [3.63, 3.8) is 0 Å². The molecular formula is C28H22N2O4. The molecule has 1 aliphatic carbocycles. The first-order chi connectivity index (χ1) is 16.6. The minimum absolute atomic E-state index is 0.0806. The highest BCUT2D eigenvalue weighted by Crippen LogP contribution is 2.43. The van der Waals surface area contributed by atoms with Gasteiger partial charge < -0.3 is 18.6 Å². The number of para-hydroxylation sites is 1. The molecule has 3 aromatic carbocycles. The number of rotatable bonds is 5. The Hall–Kier alpha value is -4.32. The van der Waals surface area contributed by atoms with Gasteiger partial charge in [0.2, 0.25) is 0 Å². The molecule has 0 aliphatic heterocycles. The van der Waals surface area contributed by atoms with E-state index in [0.29, 0.717) is 52.2 Å². The zero-order valence-corrected chi connectivity index (χ0v) is 18.9. The lowest BCUT2D eigenvalue weighted by molar-refractivity contribution is 0.104. The van der Waals surface area contributed by atoms with Crippen LogP contribution in [-0.2, 0) is 13.1 Å². The van der Waals surface area contributed by atoms with Gasteiger partial charge in [-0.15, -0.1) is 0 Å². The third-order valence-corrected chi connectivity index (χ3v) is 6.68. The van der Waals surface area contributed by atoms with Crippen molar-refractivity contribution in [2.45, 2.75) is 13.1 Å². The number of carbonyl (C=O) groups excluding carboxylic acids is 1. The molecule has 0 N–H and O–H groups in total. The van der Waals surface area contributed by atoms with Crippen molar-refractivity contribution >= 4 is 27.5 Å². The van der Waals surface area contributed by atoms with E-state index in [1.807, 2.05) is 42.6 Å². The van der Waals surface area contributed by atoms with Crippen LogP contribution >= 0.6 is 0 Å². The number of carbonyl (C=O) groups is 1. The number of hydrogen-bond donors (Lipinski definition) is 0. The summed E-state index contributed by atoms with van der Waals surface area (Å²) in [6.07, 6.45) is 2.03. The van der Waals surface area contributed by atoms with Gasteiger partial charge in [0.1, 0.15) is 0 Å². The number of benzene rings is 3. The lowest BCUT2D eigenvalue weighted by Gasteiger charge is -2.18. The summed E-state index contributed by atoms with van der Waals surface area (Å²) < 4.78 is 14.9. The van der Waals surface area contributed by atoms with Crippen molar-refractivity contribution in [1.82, 2.24) is 9.13 Å². The van der Waals surface area contributed by atoms with E-state index >= 15 is 0 Å². The van der Waals surface area contributed by atoms with Crippen molar-refractivity contribution in [3.8, 4) is 22.8 Å². The highest BCUT2D eigenvalue weighted by atomic mass is 16.5. The van der Waals surface area contributed by atoms with E-state index < -0.39 is 0 Å². The Morgan fingerprint density at radius 3 is 2.35 bits per heavy atom. The predicted octanol–water partition coefficient (Wildman–Crippen LogP) is 4.89. The first-order valence-corrected chi connectivity index (χ1v) is 11.1. The Bertz CT molecular complexity index is 1680. The van der Waals surface area contributed by atoms with Crippen LogP contribution in [-0.4, -0.2) is 29.1 Å². The summed E-state index contributed by atoms with van der Waals surface area (Å²) in [6, 6.07) is 21.2. The number of fused-ring (bicyclic) bond motifs is 6. The van der Waals surface area contributed by atoms with Crippen molar-refractivity contribution < 1.29 is 14.3 Å². The van der Waals surface area contributed by atoms with Gasteiger partial charge >= 0.3 is 0 Å². The van der Waals surface area contributed by atoms with Crippen molar-refractivity contribution in [2.75, 3.05) is 14.2 Å². The minimum atomic E-state index is -0.203. The normalized spacial score (nSPS) is 12.2. The van der Waals surface area contributed by atoms with Gasteiger partial charge in [-0.2, -0.15) is 0 Å². The van der Waals surface area contributed by atoms with E-state index in [-0.39, 0.29) is 11.3 Å². The first kappa shape index (κ1) is 20.3. The monoisotopic (exact) mass is 450 g/mol. The van der Waals surface area contributed by atoms with E-state index in [4.69, 9.17) is 9.47 Å². The SMILES string of the molecule is COc1ccc2c3c(n(CCn4ccc5ccccc54)c(=O)c2c1OC)-c1ccccc1C3=O. The Kier molecular flexibility index (Phi) is 4.55. The maximum atomic E-state index is 14.0.